The van der Waals surface area contributed by atoms with Gasteiger partial charge in [0, 0.05) is 11.4 Å². The molecule has 0 aromatic heterocycles. The van der Waals surface area contributed by atoms with Crippen LogP contribution < -0.4 is 5.73 Å². The SMILES string of the molecule is CC(N)=CC(C)=Nc1cccc(C(F)(F)F)c1. The first-order valence-electron chi connectivity index (χ1n) is 4.95. The fourth-order valence-corrected chi connectivity index (χ4v) is 1.32. The summed E-state index contributed by atoms with van der Waals surface area (Å²) >= 11 is 0. The summed E-state index contributed by atoms with van der Waals surface area (Å²) in [6, 6.07) is 4.86. The number of halogens is 3. The Morgan fingerprint density at radius 2 is 1.94 bits per heavy atom. The van der Waals surface area contributed by atoms with Crippen molar-refractivity contribution in [3.05, 3.63) is 41.6 Å². The number of nitrogens with two attached hydrogens (primary N) is 1. The van der Waals surface area contributed by atoms with E-state index in [0.717, 1.165) is 12.1 Å². The Morgan fingerprint density at radius 3 is 2.47 bits per heavy atom. The van der Waals surface area contributed by atoms with Crippen molar-refractivity contribution < 1.29 is 13.2 Å². The summed E-state index contributed by atoms with van der Waals surface area (Å²) in [5, 5.41) is 0. The Morgan fingerprint density at radius 1 is 1.29 bits per heavy atom. The minimum absolute atomic E-state index is 0.259. The van der Waals surface area contributed by atoms with E-state index in [9.17, 15) is 13.2 Å². The predicted molar refractivity (Wildman–Crippen MR) is 62.2 cm³/mol. The highest BCUT2D eigenvalue weighted by Gasteiger charge is 2.30. The molecule has 0 saturated carbocycles. The summed E-state index contributed by atoms with van der Waals surface area (Å²) in [6.07, 6.45) is -2.75. The highest BCUT2D eigenvalue weighted by molar-refractivity contribution is 5.95. The van der Waals surface area contributed by atoms with Gasteiger partial charge in [-0.05, 0) is 38.1 Å². The molecule has 0 bridgehead atoms. The molecule has 17 heavy (non-hydrogen) atoms. The zero-order valence-electron chi connectivity index (χ0n) is 9.55. The van der Waals surface area contributed by atoms with Crippen molar-refractivity contribution in [2.24, 2.45) is 10.7 Å². The fourth-order valence-electron chi connectivity index (χ4n) is 1.32. The highest BCUT2D eigenvalue weighted by atomic mass is 19.4. The zero-order valence-corrected chi connectivity index (χ0v) is 9.55. The first kappa shape index (κ1) is 13.3. The van der Waals surface area contributed by atoms with Crippen LogP contribution in [0.15, 0.2) is 41.0 Å². The molecule has 0 aliphatic carbocycles. The number of alkyl halides is 3. The van der Waals surface area contributed by atoms with Crippen molar-refractivity contribution in [1.29, 1.82) is 0 Å². The van der Waals surface area contributed by atoms with E-state index in [1.165, 1.54) is 12.1 Å². The van der Waals surface area contributed by atoms with Crippen LogP contribution in [0.3, 0.4) is 0 Å². The molecule has 0 amide bonds. The van der Waals surface area contributed by atoms with E-state index in [1.807, 2.05) is 0 Å². The molecule has 0 heterocycles. The van der Waals surface area contributed by atoms with E-state index in [4.69, 9.17) is 5.73 Å². The van der Waals surface area contributed by atoms with Gasteiger partial charge in [0.25, 0.3) is 0 Å². The van der Waals surface area contributed by atoms with Crippen molar-refractivity contribution in [3.8, 4) is 0 Å². The summed E-state index contributed by atoms with van der Waals surface area (Å²) in [5.41, 5.74) is 6.11. The van der Waals surface area contributed by atoms with E-state index in [-0.39, 0.29) is 5.69 Å². The van der Waals surface area contributed by atoms with Crippen molar-refractivity contribution in [1.82, 2.24) is 0 Å². The normalized spacial score (nSPS) is 13.9. The van der Waals surface area contributed by atoms with E-state index in [2.05, 4.69) is 4.99 Å². The van der Waals surface area contributed by atoms with Crippen molar-refractivity contribution in [2.45, 2.75) is 20.0 Å². The molecule has 0 unspecified atom stereocenters. The van der Waals surface area contributed by atoms with Crippen molar-refractivity contribution in [2.75, 3.05) is 0 Å². The lowest BCUT2D eigenvalue weighted by Gasteiger charge is -2.06. The number of allylic oxidation sites excluding steroid dienone is 2. The summed E-state index contributed by atoms with van der Waals surface area (Å²) < 4.78 is 37.3. The molecule has 0 atom stereocenters. The van der Waals surface area contributed by atoms with Crippen LogP contribution in [0.5, 0.6) is 0 Å². The quantitative estimate of drug-likeness (QED) is 0.789. The Balaban J connectivity index is 3.05. The van der Waals surface area contributed by atoms with Gasteiger partial charge >= 0.3 is 6.18 Å². The molecule has 1 aromatic rings. The maximum Gasteiger partial charge on any atom is 0.416 e. The molecule has 0 aliphatic heterocycles. The molecule has 1 rings (SSSR count). The van der Waals surface area contributed by atoms with Gasteiger partial charge in [0.15, 0.2) is 0 Å². The maximum atomic E-state index is 12.4. The molecular formula is C12H13F3N2. The molecule has 0 radical (unpaired) electrons. The lowest BCUT2D eigenvalue weighted by Crippen LogP contribution is -2.04. The minimum atomic E-state index is -4.35. The summed E-state index contributed by atoms with van der Waals surface area (Å²) in [6.45, 7) is 3.36. The third-order valence-corrected chi connectivity index (χ3v) is 1.92. The monoisotopic (exact) mass is 242 g/mol. The van der Waals surface area contributed by atoms with Crippen LogP contribution in [0.2, 0.25) is 0 Å². The summed E-state index contributed by atoms with van der Waals surface area (Å²) in [5.74, 6) is 0. The van der Waals surface area contributed by atoms with Gasteiger partial charge in [-0.25, -0.2) is 0 Å². The largest absolute Gasteiger partial charge is 0.416 e. The van der Waals surface area contributed by atoms with Gasteiger partial charge in [-0.2, -0.15) is 13.2 Å². The van der Waals surface area contributed by atoms with Gasteiger partial charge in [0.05, 0.1) is 11.3 Å². The number of nitrogens with zero attached hydrogens (tertiary/aromatic N) is 1. The standard InChI is InChI=1S/C12H13F3N2/c1-8(16)6-9(2)17-11-5-3-4-10(7-11)12(13,14)15/h3-7H,16H2,1-2H3. The first-order valence-corrected chi connectivity index (χ1v) is 4.95. The number of rotatable bonds is 2. The molecule has 0 fully saturated rings. The number of hydrogen-bond acceptors (Lipinski definition) is 2. The summed E-state index contributed by atoms with van der Waals surface area (Å²) in [7, 11) is 0. The second-order valence-corrected chi connectivity index (χ2v) is 3.69. The van der Waals surface area contributed by atoms with Crippen molar-refractivity contribution in [3.63, 3.8) is 0 Å². The van der Waals surface area contributed by atoms with Crippen LogP contribution in [0.1, 0.15) is 19.4 Å². The molecule has 0 saturated heterocycles. The first-order chi connectivity index (χ1) is 7.79. The zero-order chi connectivity index (χ0) is 13.1. The van der Waals surface area contributed by atoms with E-state index in [1.54, 1.807) is 19.9 Å². The van der Waals surface area contributed by atoms with Crippen LogP contribution in [0, 0.1) is 0 Å². The van der Waals surface area contributed by atoms with Gasteiger partial charge in [0.2, 0.25) is 0 Å². The molecular weight excluding hydrogens is 229 g/mol. The van der Waals surface area contributed by atoms with Crippen LogP contribution in [-0.2, 0) is 6.18 Å². The number of benzene rings is 1. The lowest BCUT2D eigenvalue weighted by atomic mass is 10.2. The third-order valence-electron chi connectivity index (χ3n) is 1.92. The van der Waals surface area contributed by atoms with Gasteiger partial charge in [-0.3, -0.25) is 4.99 Å². The molecule has 0 aliphatic rings. The molecule has 5 heteroatoms. The molecule has 92 valence electrons. The van der Waals surface area contributed by atoms with E-state index >= 15 is 0 Å². The summed E-state index contributed by atoms with van der Waals surface area (Å²) in [4.78, 5) is 4.03. The van der Waals surface area contributed by atoms with E-state index in [0.29, 0.717) is 11.4 Å². The van der Waals surface area contributed by atoms with E-state index < -0.39 is 11.7 Å². The second kappa shape index (κ2) is 5.03. The van der Waals surface area contributed by atoms with Crippen LogP contribution in [-0.4, -0.2) is 5.71 Å². The molecule has 0 spiro atoms. The van der Waals surface area contributed by atoms with Crippen LogP contribution in [0.4, 0.5) is 18.9 Å². The minimum Gasteiger partial charge on any atom is -0.402 e. The van der Waals surface area contributed by atoms with Gasteiger partial charge in [-0.15, -0.1) is 0 Å². The van der Waals surface area contributed by atoms with Gasteiger partial charge < -0.3 is 5.73 Å². The Hall–Kier alpha value is -1.78. The smallest absolute Gasteiger partial charge is 0.402 e. The number of aliphatic imine (C=N–C) groups is 1. The Labute approximate surface area is 97.7 Å². The fraction of sp³-hybridized carbons (Fsp3) is 0.250. The average molecular weight is 242 g/mol. The van der Waals surface area contributed by atoms with Crippen LogP contribution in [0.25, 0.3) is 0 Å². The third kappa shape index (κ3) is 4.30. The molecule has 1 aromatic carbocycles. The van der Waals surface area contributed by atoms with Crippen molar-refractivity contribution >= 4 is 11.4 Å². The van der Waals surface area contributed by atoms with Crippen LogP contribution >= 0.6 is 0 Å². The maximum absolute atomic E-state index is 12.4. The second-order valence-electron chi connectivity index (χ2n) is 3.69. The topological polar surface area (TPSA) is 38.4 Å². The molecule has 2 nitrogen and oxygen atoms in total. The Bertz CT molecular complexity index is 455. The van der Waals surface area contributed by atoms with Gasteiger partial charge in [-0.1, -0.05) is 6.07 Å². The lowest BCUT2D eigenvalue weighted by molar-refractivity contribution is -0.137. The predicted octanol–water partition coefficient (Wildman–Crippen LogP) is 3.66. The number of hydrogen-bond donors (Lipinski definition) is 1. The molecule has 2 N–H and O–H groups in total. The highest BCUT2D eigenvalue weighted by Crippen LogP contribution is 2.31. The van der Waals surface area contributed by atoms with Gasteiger partial charge in [0.1, 0.15) is 0 Å². The average Bonchev–Trinajstić information content (AvgIpc) is 2.15. The Kier molecular flexibility index (Phi) is 3.93.